The van der Waals surface area contributed by atoms with Crippen molar-refractivity contribution in [2.75, 3.05) is 0 Å². The molecule has 3 aromatic heterocycles. The van der Waals surface area contributed by atoms with Crippen LogP contribution in [0.15, 0.2) is 71.8 Å². The highest BCUT2D eigenvalue weighted by molar-refractivity contribution is 8.00. The van der Waals surface area contributed by atoms with Crippen molar-refractivity contribution in [3.63, 3.8) is 0 Å². The Balaban J connectivity index is 1.57. The highest BCUT2D eigenvalue weighted by atomic mass is 32.2. The van der Waals surface area contributed by atoms with Crippen LogP contribution in [-0.4, -0.2) is 34.9 Å². The van der Waals surface area contributed by atoms with Crippen molar-refractivity contribution in [1.82, 2.24) is 30.2 Å². The van der Waals surface area contributed by atoms with Crippen LogP contribution < -0.4 is 4.74 Å². The normalized spacial score (nSPS) is 12.7. The Morgan fingerprint density at radius 1 is 1.03 bits per heavy atom. The van der Waals surface area contributed by atoms with Crippen LogP contribution >= 0.6 is 11.8 Å². The summed E-state index contributed by atoms with van der Waals surface area (Å²) in [4.78, 5) is 5.76. The van der Waals surface area contributed by atoms with Crippen molar-refractivity contribution in [1.29, 1.82) is 0 Å². The Hall–Kier alpha value is -3.65. The fourth-order valence-corrected chi connectivity index (χ4v) is 6.06. The lowest BCUT2D eigenvalue weighted by molar-refractivity contribution is 0.301. The third-order valence-electron chi connectivity index (χ3n) is 6.47. The van der Waals surface area contributed by atoms with Gasteiger partial charge in [-0.25, -0.2) is 0 Å². The van der Waals surface area contributed by atoms with Gasteiger partial charge in [-0.15, -0.1) is 22.0 Å². The second-order valence-corrected chi connectivity index (χ2v) is 12.5. The van der Waals surface area contributed by atoms with Crippen molar-refractivity contribution in [3.8, 4) is 5.75 Å². The number of thioether (sulfide) groups is 1. The predicted molar refractivity (Wildman–Crippen MR) is 153 cm³/mol. The van der Waals surface area contributed by atoms with E-state index in [1.165, 1.54) is 27.1 Å². The fourth-order valence-electron chi connectivity index (χ4n) is 4.77. The quantitative estimate of drug-likeness (QED) is 0.223. The number of nitrogens with zero attached hydrogens (tertiary/aromatic N) is 5. The average molecular weight is 527 g/mol. The van der Waals surface area contributed by atoms with Gasteiger partial charge in [0, 0.05) is 51.8 Å². The minimum absolute atomic E-state index is 0.0230. The number of hydrogen-bond acceptors (Lipinski definition) is 6. The smallest absolute Gasteiger partial charge is 0.175 e. The highest BCUT2D eigenvalue weighted by Gasteiger charge is 2.28. The van der Waals surface area contributed by atoms with E-state index < -0.39 is 0 Å². The van der Waals surface area contributed by atoms with Crippen LogP contribution in [0.2, 0.25) is 0 Å². The molecule has 0 radical (unpaired) electrons. The maximum atomic E-state index is 6.20. The van der Waals surface area contributed by atoms with Gasteiger partial charge >= 0.3 is 0 Å². The zero-order valence-electron chi connectivity index (χ0n) is 22.6. The van der Waals surface area contributed by atoms with E-state index in [1.54, 1.807) is 0 Å². The van der Waals surface area contributed by atoms with E-state index in [0.717, 1.165) is 29.3 Å². The third-order valence-corrected chi connectivity index (χ3v) is 7.71. The number of aromatic amines is 1. The van der Waals surface area contributed by atoms with Gasteiger partial charge in [0.2, 0.25) is 0 Å². The Bertz CT molecular complexity index is 1490. The molecule has 0 saturated carbocycles. The number of ether oxygens (including phenoxy) is 1. The van der Waals surface area contributed by atoms with Gasteiger partial charge in [0.05, 0.1) is 5.69 Å². The SMILES string of the molecule is Cc1ccc(COc2ccc3c(c2)c(SC(C)(C)C)c(C(Cc2ccccc2)Cc2nn[nH]n2)n3C)nc1. The summed E-state index contributed by atoms with van der Waals surface area (Å²) in [6.07, 6.45) is 3.44. The number of pyridine rings is 1. The van der Waals surface area contributed by atoms with Crippen molar-refractivity contribution in [3.05, 3.63) is 95.2 Å². The molecule has 0 aliphatic carbocycles. The Kier molecular flexibility index (Phi) is 7.51. The summed E-state index contributed by atoms with van der Waals surface area (Å²) in [6, 6.07) is 21.1. The first-order valence-electron chi connectivity index (χ1n) is 12.9. The predicted octanol–water partition coefficient (Wildman–Crippen LogP) is 6.43. The molecule has 1 unspecified atom stereocenters. The van der Waals surface area contributed by atoms with Crippen molar-refractivity contribution in [2.24, 2.45) is 7.05 Å². The van der Waals surface area contributed by atoms with Gasteiger partial charge in [0.25, 0.3) is 0 Å². The molecule has 0 aliphatic heterocycles. The van der Waals surface area contributed by atoms with Gasteiger partial charge in [0.1, 0.15) is 12.4 Å². The minimum Gasteiger partial charge on any atom is -0.487 e. The molecule has 0 fully saturated rings. The topological polar surface area (TPSA) is 81.5 Å². The summed E-state index contributed by atoms with van der Waals surface area (Å²) in [5.41, 5.74) is 5.80. The monoisotopic (exact) mass is 526 g/mol. The van der Waals surface area contributed by atoms with Gasteiger partial charge in [-0.2, -0.15) is 5.21 Å². The molecule has 0 amide bonds. The first-order chi connectivity index (χ1) is 18.3. The molecule has 8 heteroatoms. The molecule has 5 rings (SSSR count). The number of aryl methyl sites for hydroxylation is 2. The van der Waals surface area contributed by atoms with Gasteiger partial charge in [-0.3, -0.25) is 4.98 Å². The van der Waals surface area contributed by atoms with Crippen LogP contribution in [0, 0.1) is 6.92 Å². The number of aromatic nitrogens is 6. The van der Waals surface area contributed by atoms with Crippen molar-refractivity contribution < 1.29 is 4.74 Å². The van der Waals surface area contributed by atoms with Crippen LogP contribution in [0.1, 0.15) is 55.0 Å². The van der Waals surface area contributed by atoms with Crippen LogP contribution in [-0.2, 0) is 26.5 Å². The molecule has 5 aromatic rings. The number of fused-ring (bicyclic) bond motifs is 1. The van der Waals surface area contributed by atoms with Gasteiger partial charge in [0.15, 0.2) is 5.82 Å². The van der Waals surface area contributed by atoms with E-state index >= 15 is 0 Å². The molecular weight excluding hydrogens is 492 g/mol. The summed E-state index contributed by atoms with van der Waals surface area (Å²) in [6.45, 7) is 9.25. The number of rotatable bonds is 9. The lowest BCUT2D eigenvalue weighted by atomic mass is 9.92. The van der Waals surface area contributed by atoms with Crippen molar-refractivity contribution >= 4 is 22.7 Å². The van der Waals surface area contributed by atoms with Gasteiger partial charge in [-0.1, -0.05) is 62.4 Å². The first-order valence-corrected chi connectivity index (χ1v) is 13.7. The van der Waals surface area contributed by atoms with Crippen LogP contribution in [0.3, 0.4) is 0 Å². The van der Waals surface area contributed by atoms with E-state index in [2.05, 4.69) is 113 Å². The number of hydrogen-bond donors (Lipinski definition) is 1. The molecule has 3 heterocycles. The Labute approximate surface area is 228 Å². The molecule has 7 nitrogen and oxygen atoms in total. The molecule has 38 heavy (non-hydrogen) atoms. The highest BCUT2D eigenvalue weighted by Crippen LogP contribution is 2.45. The Morgan fingerprint density at radius 3 is 2.53 bits per heavy atom. The van der Waals surface area contributed by atoms with E-state index in [4.69, 9.17) is 4.74 Å². The molecule has 0 bridgehead atoms. The molecular formula is C30H34N6OS. The van der Waals surface area contributed by atoms with Crippen LogP contribution in [0.25, 0.3) is 10.9 Å². The van der Waals surface area contributed by atoms with E-state index in [0.29, 0.717) is 13.0 Å². The second-order valence-electron chi connectivity index (χ2n) is 10.7. The maximum absolute atomic E-state index is 6.20. The summed E-state index contributed by atoms with van der Waals surface area (Å²) >= 11 is 1.90. The van der Waals surface area contributed by atoms with Crippen molar-refractivity contribution in [2.45, 2.75) is 62.7 Å². The zero-order valence-corrected chi connectivity index (χ0v) is 23.4. The van der Waals surface area contributed by atoms with Gasteiger partial charge in [-0.05, 0) is 48.7 Å². The molecule has 2 aromatic carbocycles. The lowest BCUT2D eigenvalue weighted by Crippen LogP contribution is -2.15. The van der Waals surface area contributed by atoms with Crippen LogP contribution in [0.4, 0.5) is 0 Å². The molecule has 0 spiro atoms. The average Bonchev–Trinajstić information content (AvgIpc) is 3.49. The second kappa shape index (κ2) is 11.0. The standard InChI is InChI=1S/C30H34N6OS/c1-20-11-12-23(31-18-20)19-37-24-13-14-26-25(17-24)29(38-30(2,3)4)28(36(26)5)22(16-27-32-34-35-33-27)15-21-9-7-6-8-10-21/h6-14,17-18,22H,15-16,19H2,1-5H3,(H,32,33,34,35). The molecule has 0 saturated heterocycles. The number of tetrazole rings is 1. The number of nitrogens with one attached hydrogen (secondary N) is 1. The van der Waals surface area contributed by atoms with E-state index in [-0.39, 0.29) is 10.7 Å². The maximum Gasteiger partial charge on any atom is 0.175 e. The van der Waals surface area contributed by atoms with E-state index in [1.807, 2.05) is 30.9 Å². The lowest BCUT2D eigenvalue weighted by Gasteiger charge is -2.23. The Morgan fingerprint density at radius 2 is 1.84 bits per heavy atom. The zero-order chi connectivity index (χ0) is 26.7. The molecule has 1 N–H and O–H groups in total. The molecule has 196 valence electrons. The fraction of sp³-hybridized carbons (Fsp3) is 0.333. The first kappa shape index (κ1) is 26.0. The summed E-state index contributed by atoms with van der Waals surface area (Å²) in [7, 11) is 2.16. The van der Waals surface area contributed by atoms with Gasteiger partial charge < -0.3 is 9.30 Å². The molecule has 0 aliphatic rings. The largest absolute Gasteiger partial charge is 0.487 e. The summed E-state index contributed by atoms with van der Waals surface area (Å²) in [5.74, 6) is 1.72. The number of benzene rings is 2. The molecule has 1 atom stereocenters. The summed E-state index contributed by atoms with van der Waals surface area (Å²) < 4.78 is 8.56. The minimum atomic E-state index is 0.0230. The third kappa shape index (κ3) is 6.07. The van der Waals surface area contributed by atoms with E-state index in [9.17, 15) is 0 Å². The number of H-pyrrole nitrogens is 1. The van der Waals surface area contributed by atoms with Crippen LogP contribution in [0.5, 0.6) is 5.75 Å². The summed E-state index contributed by atoms with van der Waals surface area (Å²) in [5, 5.41) is 16.2.